The third kappa shape index (κ3) is 3.13. The number of anilines is 1. The van der Waals surface area contributed by atoms with Gasteiger partial charge in [0.25, 0.3) is 0 Å². The van der Waals surface area contributed by atoms with Crippen LogP contribution < -0.4 is 10.1 Å². The SMILES string of the molecule is COc1ccccc1NCC1(O)CCCCC1. The largest absolute Gasteiger partial charge is 0.495 e. The zero-order chi connectivity index (χ0) is 12.1. The molecule has 2 rings (SSSR count). The number of aliphatic hydroxyl groups is 1. The molecule has 0 aliphatic heterocycles. The lowest BCUT2D eigenvalue weighted by atomic mass is 9.85. The molecule has 1 aromatic rings. The normalized spacial score (nSPS) is 18.7. The molecule has 3 heteroatoms. The Kier molecular flexibility index (Phi) is 3.89. The lowest BCUT2D eigenvalue weighted by molar-refractivity contribution is 0.0167. The molecule has 1 aliphatic carbocycles. The first-order chi connectivity index (χ1) is 8.23. The second kappa shape index (κ2) is 5.41. The molecular weight excluding hydrogens is 214 g/mol. The fraction of sp³-hybridized carbons (Fsp3) is 0.571. The van der Waals surface area contributed by atoms with E-state index in [1.165, 1.54) is 6.42 Å². The highest BCUT2D eigenvalue weighted by Crippen LogP contribution is 2.30. The molecule has 0 spiro atoms. The van der Waals surface area contributed by atoms with Crippen molar-refractivity contribution in [2.45, 2.75) is 37.7 Å². The van der Waals surface area contributed by atoms with Crippen molar-refractivity contribution >= 4 is 5.69 Å². The van der Waals surface area contributed by atoms with Crippen molar-refractivity contribution in [3.8, 4) is 5.75 Å². The summed E-state index contributed by atoms with van der Waals surface area (Å²) in [5.74, 6) is 0.826. The summed E-state index contributed by atoms with van der Waals surface area (Å²) in [4.78, 5) is 0. The van der Waals surface area contributed by atoms with E-state index in [1.54, 1.807) is 7.11 Å². The maximum atomic E-state index is 10.4. The highest BCUT2D eigenvalue weighted by molar-refractivity contribution is 5.56. The summed E-state index contributed by atoms with van der Waals surface area (Å²) < 4.78 is 5.27. The molecule has 0 saturated heterocycles. The molecule has 2 N–H and O–H groups in total. The maximum absolute atomic E-state index is 10.4. The average molecular weight is 235 g/mol. The summed E-state index contributed by atoms with van der Waals surface area (Å²) in [5, 5.41) is 13.7. The minimum absolute atomic E-state index is 0.543. The first-order valence-electron chi connectivity index (χ1n) is 6.33. The number of benzene rings is 1. The predicted molar refractivity (Wildman–Crippen MR) is 69.5 cm³/mol. The summed E-state index contributed by atoms with van der Waals surface area (Å²) in [7, 11) is 1.66. The van der Waals surface area contributed by atoms with Crippen LogP contribution >= 0.6 is 0 Å². The van der Waals surface area contributed by atoms with Gasteiger partial charge in [0.1, 0.15) is 5.75 Å². The number of para-hydroxylation sites is 2. The van der Waals surface area contributed by atoms with E-state index in [4.69, 9.17) is 4.74 Å². The first kappa shape index (κ1) is 12.2. The van der Waals surface area contributed by atoms with Crippen LogP contribution in [0.25, 0.3) is 0 Å². The van der Waals surface area contributed by atoms with Gasteiger partial charge in [-0.1, -0.05) is 31.4 Å². The molecule has 1 fully saturated rings. The van der Waals surface area contributed by atoms with Crippen LogP contribution in [0.3, 0.4) is 0 Å². The monoisotopic (exact) mass is 235 g/mol. The van der Waals surface area contributed by atoms with Gasteiger partial charge in [0.15, 0.2) is 0 Å². The van der Waals surface area contributed by atoms with Crippen LogP contribution in [0.5, 0.6) is 5.75 Å². The number of hydrogen-bond donors (Lipinski definition) is 2. The smallest absolute Gasteiger partial charge is 0.141 e. The average Bonchev–Trinajstić information content (AvgIpc) is 2.38. The van der Waals surface area contributed by atoms with Crippen LogP contribution in [0.4, 0.5) is 5.69 Å². The van der Waals surface area contributed by atoms with Gasteiger partial charge in [0.2, 0.25) is 0 Å². The number of ether oxygens (including phenoxy) is 1. The quantitative estimate of drug-likeness (QED) is 0.843. The third-order valence-electron chi connectivity index (χ3n) is 3.50. The second-order valence-electron chi connectivity index (χ2n) is 4.84. The van der Waals surface area contributed by atoms with Crippen molar-refractivity contribution in [3.63, 3.8) is 0 Å². The van der Waals surface area contributed by atoms with E-state index >= 15 is 0 Å². The molecule has 1 saturated carbocycles. The van der Waals surface area contributed by atoms with Gasteiger partial charge in [0, 0.05) is 6.54 Å². The Morgan fingerprint density at radius 1 is 1.24 bits per heavy atom. The van der Waals surface area contributed by atoms with Crippen molar-refractivity contribution in [1.29, 1.82) is 0 Å². The molecule has 17 heavy (non-hydrogen) atoms. The third-order valence-corrected chi connectivity index (χ3v) is 3.50. The van der Waals surface area contributed by atoms with Gasteiger partial charge < -0.3 is 15.2 Å². The standard InChI is InChI=1S/C14H21NO2/c1-17-13-8-4-3-7-12(13)15-11-14(16)9-5-2-6-10-14/h3-4,7-8,15-16H,2,5-6,9-11H2,1H3. The van der Waals surface area contributed by atoms with E-state index in [0.29, 0.717) is 6.54 Å². The van der Waals surface area contributed by atoms with Gasteiger partial charge >= 0.3 is 0 Å². The number of rotatable bonds is 4. The van der Waals surface area contributed by atoms with Crippen molar-refractivity contribution in [2.75, 3.05) is 19.0 Å². The summed E-state index contributed by atoms with van der Waals surface area (Å²) in [6, 6.07) is 7.81. The van der Waals surface area contributed by atoms with E-state index in [9.17, 15) is 5.11 Å². The Labute approximate surface area is 103 Å². The maximum Gasteiger partial charge on any atom is 0.141 e. The lowest BCUT2D eigenvalue weighted by Gasteiger charge is -2.32. The van der Waals surface area contributed by atoms with E-state index < -0.39 is 5.60 Å². The van der Waals surface area contributed by atoms with E-state index in [0.717, 1.165) is 37.1 Å². The molecule has 0 heterocycles. The van der Waals surface area contributed by atoms with Crippen molar-refractivity contribution < 1.29 is 9.84 Å². The zero-order valence-electron chi connectivity index (χ0n) is 10.4. The summed E-state index contributed by atoms with van der Waals surface area (Å²) >= 11 is 0. The number of methoxy groups -OCH3 is 1. The molecule has 3 nitrogen and oxygen atoms in total. The van der Waals surface area contributed by atoms with Gasteiger partial charge in [-0.15, -0.1) is 0 Å². The van der Waals surface area contributed by atoms with Gasteiger partial charge in [-0.05, 0) is 25.0 Å². The minimum Gasteiger partial charge on any atom is -0.495 e. The van der Waals surface area contributed by atoms with E-state index in [-0.39, 0.29) is 0 Å². The van der Waals surface area contributed by atoms with E-state index in [1.807, 2.05) is 24.3 Å². The van der Waals surface area contributed by atoms with Crippen molar-refractivity contribution in [2.24, 2.45) is 0 Å². The molecule has 0 amide bonds. The van der Waals surface area contributed by atoms with Gasteiger partial charge in [-0.3, -0.25) is 0 Å². The van der Waals surface area contributed by atoms with E-state index in [2.05, 4.69) is 5.32 Å². The van der Waals surface area contributed by atoms with Gasteiger partial charge in [-0.2, -0.15) is 0 Å². The Hall–Kier alpha value is -1.22. The fourth-order valence-corrected chi connectivity index (χ4v) is 2.44. The topological polar surface area (TPSA) is 41.5 Å². The molecule has 0 radical (unpaired) electrons. The Morgan fingerprint density at radius 3 is 2.65 bits per heavy atom. The Morgan fingerprint density at radius 2 is 1.94 bits per heavy atom. The van der Waals surface area contributed by atoms with Crippen LogP contribution in [0.15, 0.2) is 24.3 Å². The highest BCUT2D eigenvalue weighted by atomic mass is 16.5. The molecule has 0 aromatic heterocycles. The summed E-state index contributed by atoms with van der Waals surface area (Å²) in [6.45, 7) is 0.605. The lowest BCUT2D eigenvalue weighted by Crippen LogP contribution is -2.38. The van der Waals surface area contributed by atoms with Crippen LogP contribution in [-0.2, 0) is 0 Å². The minimum atomic E-state index is -0.543. The molecule has 0 atom stereocenters. The Bertz CT molecular complexity index is 359. The summed E-state index contributed by atoms with van der Waals surface area (Å²) in [6.07, 6.45) is 5.30. The van der Waals surface area contributed by atoms with Gasteiger partial charge in [0.05, 0.1) is 18.4 Å². The fourth-order valence-electron chi connectivity index (χ4n) is 2.44. The number of nitrogens with one attached hydrogen (secondary N) is 1. The van der Waals surface area contributed by atoms with Crippen LogP contribution in [0.1, 0.15) is 32.1 Å². The van der Waals surface area contributed by atoms with Crippen LogP contribution in [-0.4, -0.2) is 24.4 Å². The molecule has 94 valence electrons. The van der Waals surface area contributed by atoms with Crippen LogP contribution in [0.2, 0.25) is 0 Å². The summed E-state index contributed by atoms with van der Waals surface area (Å²) in [5.41, 5.74) is 0.410. The van der Waals surface area contributed by atoms with Crippen molar-refractivity contribution in [1.82, 2.24) is 0 Å². The van der Waals surface area contributed by atoms with Crippen LogP contribution in [0, 0.1) is 0 Å². The molecule has 1 aromatic carbocycles. The first-order valence-corrected chi connectivity index (χ1v) is 6.33. The second-order valence-corrected chi connectivity index (χ2v) is 4.84. The predicted octanol–water partition coefficient (Wildman–Crippen LogP) is 2.80. The molecule has 0 bridgehead atoms. The molecule has 0 unspecified atom stereocenters. The van der Waals surface area contributed by atoms with Gasteiger partial charge in [-0.25, -0.2) is 0 Å². The Balaban J connectivity index is 1.96. The van der Waals surface area contributed by atoms with Crippen molar-refractivity contribution in [3.05, 3.63) is 24.3 Å². The zero-order valence-corrected chi connectivity index (χ0v) is 10.4. The molecular formula is C14H21NO2. The number of hydrogen-bond acceptors (Lipinski definition) is 3. The highest BCUT2D eigenvalue weighted by Gasteiger charge is 2.28. The molecule has 1 aliphatic rings.